The molecule has 0 fully saturated rings. The Labute approximate surface area is 692 Å². The third-order valence-corrected chi connectivity index (χ3v) is 31.5. The summed E-state index contributed by atoms with van der Waals surface area (Å²) in [6.07, 6.45) is 77.9. The maximum absolute atomic E-state index is 14.0. The summed E-state index contributed by atoms with van der Waals surface area (Å²) in [5.74, 6) is 0.711. The van der Waals surface area contributed by atoms with Crippen molar-refractivity contribution in [2.45, 2.75) is 544 Å². The van der Waals surface area contributed by atoms with Crippen LogP contribution in [-0.2, 0) is 21.9 Å². The molecular formula is C101H194O8P2. The van der Waals surface area contributed by atoms with Crippen molar-refractivity contribution in [2.75, 3.05) is 24.6 Å². The molecule has 2 rings (SSSR count). The van der Waals surface area contributed by atoms with E-state index in [4.69, 9.17) is 9.05 Å². The van der Waals surface area contributed by atoms with Gasteiger partial charge in [0.25, 0.3) is 0 Å². The van der Waals surface area contributed by atoms with Gasteiger partial charge >= 0.3 is 540 Å². The van der Waals surface area contributed by atoms with E-state index in [0.717, 1.165) is 110 Å². The number of phenols is 2. The molecule has 2 aromatic rings. The number of aromatic hydroxyl groups is 2. The molecule has 656 valence electrons. The monoisotopic (exact) mass is 1600 g/mol. The summed E-state index contributed by atoms with van der Waals surface area (Å²) in [6.45, 7) is 28.4. The molecule has 0 bridgehead atoms. The molecule has 0 amide bonds. The summed E-state index contributed by atoms with van der Waals surface area (Å²) in [5.41, 5.74) is 4.22. The Hall–Kier alpha value is -1.34. The third kappa shape index (κ3) is 51.7. The van der Waals surface area contributed by atoms with Gasteiger partial charge in [0, 0.05) is 0 Å². The molecule has 0 saturated carbocycles. The predicted octanol–water partition coefficient (Wildman–Crippen LogP) is 34.4. The van der Waals surface area contributed by atoms with Crippen LogP contribution < -0.4 is 0 Å². The fraction of sp³-hybridized carbons (Fsp3) is 0.881. The van der Waals surface area contributed by atoms with Gasteiger partial charge < -0.3 is 0 Å². The second kappa shape index (κ2) is 64.6. The fourth-order valence-electron chi connectivity index (χ4n) is 17.7. The third-order valence-electron chi connectivity index (χ3n) is 25.3. The number of rotatable bonds is 81. The molecule has 0 aromatic heterocycles. The van der Waals surface area contributed by atoms with Crippen molar-refractivity contribution in [3.8, 4) is 11.5 Å². The number of hydrogen-bond acceptors (Lipinski definition) is 8. The van der Waals surface area contributed by atoms with Gasteiger partial charge in [0.15, 0.2) is 0 Å². The molecule has 0 radical (unpaired) electrons. The van der Waals surface area contributed by atoms with Crippen LogP contribution in [0.4, 0.5) is 0 Å². The van der Waals surface area contributed by atoms with Gasteiger partial charge in [0.1, 0.15) is 0 Å². The first kappa shape index (κ1) is 106. The van der Waals surface area contributed by atoms with E-state index in [0.29, 0.717) is 50.0 Å². The minimum absolute atomic E-state index is 0.0192. The minimum atomic E-state index is -5.22. The van der Waals surface area contributed by atoms with Crippen LogP contribution in [-0.4, -0.2) is 60.7 Å². The second-order valence-corrected chi connectivity index (χ2v) is 45.5. The predicted molar refractivity (Wildman–Crippen MR) is 494 cm³/mol. The van der Waals surface area contributed by atoms with Crippen molar-refractivity contribution >= 4 is 14.6 Å². The van der Waals surface area contributed by atoms with Crippen molar-refractivity contribution < 1.29 is 38.8 Å². The van der Waals surface area contributed by atoms with Crippen LogP contribution >= 0.6 is 14.6 Å². The molecule has 0 aliphatic rings. The first-order valence-electron chi connectivity index (χ1n) is 49.5. The number of unbranched alkanes of at least 4 members (excludes halogenated alkanes) is 60. The summed E-state index contributed by atoms with van der Waals surface area (Å²) in [6, 6.07) is 8.53. The van der Waals surface area contributed by atoms with Gasteiger partial charge in [-0.2, -0.15) is 0 Å². The molecule has 0 aliphatic carbocycles. The number of hydrogen-bond donors (Lipinski definition) is 6. The van der Waals surface area contributed by atoms with Crippen LogP contribution in [0, 0.1) is 5.41 Å². The van der Waals surface area contributed by atoms with Gasteiger partial charge in [-0.05, 0) is 0 Å². The zero-order valence-electron chi connectivity index (χ0n) is 76.6. The van der Waals surface area contributed by atoms with Gasteiger partial charge in [-0.3, -0.25) is 0 Å². The van der Waals surface area contributed by atoms with Crippen LogP contribution in [0.25, 0.3) is 0 Å². The van der Waals surface area contributed by atoms with Gasteiger partial charge in [-0.25, -0.2) is 0 Å². The summed E-state index contributed by atoms with van der Waals surface area (Å²) in [4.78, 5) is 56.1. The normalized spacial score (nSPS) is 13.6. The Morgan fingerprint density at radius 2 is 0.378 bits per heavy atom. The van der Waals surface area contributed by atoms with Crippen LogP contribution in [0.1, 0.15) is 558 Å². The Morgan fingerprint density at radius 3 is 0.514 bits per heavy atom. The van der Waals surface area contributed by atoms with E-state index in [2.05, 4.69) is 114 Å². The molecule has 0 atom stereocenters. The summed E-state index contributed by atoms with van der Waals surface area (Å²) in [5, 5.41) is 24.0. The molecular weight excluding hydrogens is 1400 g/mol. The Kier molecular flexibility index (Phi) is 61.5. The SMILES string of the molecule is CCCCCCCCCCCCCCCCCCP(O)(O)(CCCCCCCCCCCCCCCCCC)OC(OP(O)(O)(CCCCCCCCCCCCCCCCCC)CCCCCCCCCCCCCCCCCC)C(C)(Cc1cc(C(C)C)c(O)c(C(C)C)c1)Cc1cc(C(C)C)c(O)c(C(C)C)c1. The van der Waals surface area contributed by atoms with Crippen LogP contribution in [0.5, 0.6) is 11.5 Å². The van der Waals surface area contributed by atoms with E-state index < -0.39 is 26.3 Å². The van der Waals surface area contributed by atoms with Crippen molar-refractivity contribution in [1.29, 1.82) is 0 Å². The molecule has 10 heteroatoms. The quantitative estimate of drug-likeness (QED) is 0.0219. The first-order chi connectivity index (χ1) is 53.3. The zero-order chi connectivity index (χ0) is 81.6. The van der Waals surface area contributed by atoms with Crippen molar-refractivity contribution in [1.82, 2.24) is 0 Å². The molecule has 0 aliphatic heterocycles. The maximum atomic E-state index is 14.0. The topological polar surface area (TPSA) is 140 Å². The molecule has 8 nitrogen and oxygen atoms in total. The van der Waals surface area contributed by atoms with E-state index in [1.54, 1.807) is 0 Å². The number of phenolic OH excluding ortho intramolecular Hbond substituents is 2. The molecule has 0 spiro atoms. The Morgan fingerprint density at radius 1 is 0.243 bits per heavy atom. The van der Waals surface area contributed by atoms with Crippen molar-refractivity contribution in [3.05, 3.63) is 57.6 Å². The molecule has 111 heavy (non-hydrogen) atoms. The molecule has 0 unspecified atom stereocenters. The van der Waals surface area contributed by atoms with Gasteiger partial charge in [-0.15, -0.1) is 0 Å². The summed E-state index contributed by atoms with van der Waals surface area (Å²) < 4.78 is 15.2. The average molecular weight is 1600 g/mol. The standard InChI is InChI=1S/C101H194O8P2/c1-14-18-22-26-30-34-38-42-46-50-54-58-62-66-70-74-78-110(104,105,79-75-71-67-63-59-55-51-47-43-39-35-31-27-23-19-15-2)108-100(101(13,86-92-82-94(88(5)6)98(102)95(83-92)89(7)8)87-93-84-96(90(9)10)99(103)97(85-93)91(11)12)109-111(106,107,80-76-72-68-64-60-56-52-48-44-40-36-32-28-24-20-16-3)81-77-73-69-65-61-57-53-49-45-41-37-33-29-25-21-17-4/h82-85,88-91,100,102-107H,14-81,86-87H2,1-13H3. The van der Waals surface area contributed by atoms with Crippen LogP contribution in [0.3, 0.4) is 0 Å². The van der Waals surface area contributed by atoms with Gasteiger partial charge in [-0.1, -0.05) is 156 Å². The zero-order valence-corrected chi connectivity index (χ0v) is 78.4. The number of benzene rings is 2. The molecule has 2 aromatic carbocycles. The van der Waals surface area contributed by atoms with E-state index in [1.807, 2.05) is 0 Å². The van der Waals surface area contributed by atoms with Crippen molar-refractivity contribution in [3.63, 3.8) is 0 Å². The molecule has 0 heterocycles. The average Bonchev–Trinajstić information content (AvgIpc) is 0.745. The van der Waals surface area contributed by atoms with Crippen LogP contribution in [0.2, 0.25) is 0 Å². The van der Waals surface area contributed by atoms with E-state index >= 15 is 0 Å². The Bertz CT molecular complexity index is 2190. The van der Waals surface area contributed by atoms with Gasteiger partial charge in [0.05, 0.1) is 0 Å². The molecule has 6 N–H and O–H groups in total. The summed E-state index contributed by atoms with van der Waals surface area (Å²) >= 11 is 0. The van der Waals surface area contributed by atoms with Gasteiger partial charge in [0.2, 0.25) is 0 Å². The molecule has 0 saturated heterocycles. The van der Waals surface area contributed by atoms with E-state index in [-0.39, 0.29) is 48.3 Å². The van der Waals surface area contributed by atoms with E-state index in [9.17, 15) is 29.8 Å². The second-order valence-electron chi connectivity index (χ2n) is 38.1. The summed E-state index contributed by atoms with van der Waals surface area (Å²) in [7, 11) is -10.4. The fourth-order valence-corrected chi connectivity index (χ4v) is 23.5. The van der Waals surface area contributed by atoms with E-state index in [1.165, 1.54) is 308 Å². The van der Waals surface area contributed by atoms with Crippen molar-refractivity contribution in [2.24, 2.45) is 5.41 Å². The Balaban J connectivity index is 2.78. The van der Waals surface area contributed by atoms with Crippen LogP contribution in [0.15, 0.2) is 24.3 Å². The first-order valence-corrected chi connectivity index (χ1v) is 54.3.